The molecule has 2 rings (SSSR count). The van der Waals surface area contributed by atoms with Crippen LogP contribution < -0.4 is 5.32 Å². The quantitative estimate of drug-likeness (QED) is 0.733. The second-order valence-corrected chi connectivity index (χ2v) is 5.17. The molecule has 0 radical (unpaired) electrons. The van der Waals surface area contributed by atoms with Gasteiger partial charge in [-0.05, 0) is 31.9 Å². The monoisotopic (exact) mass is 295 g/mol. The van der Waals surface area contributed by atoms with Crippen LogP contribution >= 0.6 is 0 Å². The van der Waals surface area contributed by atoms with E-state index >= 15 is 0 Å². The molecule has 1 aliphatic rings. The fourth-order valence-electron chi connectivity index (χ4n) is 2.23. The number of anilines is 1. The molecule has 1 saturated heterocycles. The third kappa shape index (κ3) is 4.25. The van der Waals surface area contributed by atoms with Crippen molar-refractivity contribution in [3.8, 4) is 0 Å². The minimum Gasteiger partial charge on any atom is -0.364 e. The van der Waals surface area contributed by atoms with Crippen LogP contribution in [0.1, 0.15) is 38.5 Å². The molecular weight excluding hydrogens is 274 g/mol. The summed E-state index contributed by atoms with van der Waals surface area (Å²) in [5.41, 5.74) is 0.903. The van der Waals surface area contributed by atoms with Crippen LogP contribution in [-0.4, -0.2) is 34.6 Å². The lowest BCUT2D eigenvalue weighted by Crippen LogP contribution is -2.43. The van der Waals surface area contributed by atoms with Crippen LogP contribution in [0.25, 0.3) is 0 Å². The lowest BCUT2D eigenvalue weighted by Gasteiger charge is -2.32. The second kappa shape index (κ2) is 7.00. The van der Waals surface area contributed by atoms with Gasteiger partial charge in [0, 0.05) is 11.3 Å². The number of aliphatic hydroxyl groups is 2. The molecular formula is C15H21NO5. The Morgan fingerprint density at radius 1 is 1.33 bits per heavy atom. The highest BCUT2D eigenvalue weighted by atomic mass is 16.7. The van der Waals surface area contributed by atoms with E-state index in [9.17, 15) is 4.79 Å². The van der Waals surface area contributed by atoms with E-state index in [2.05, 4.69) is 5.32 Å². The zero-order chi connectivity index (χ0) is 15.4. The summed E-state index contributed by atoms with van der Waals surface area (Å²) < 4.78 is 11.1. The molecule has 3 unspecified atom stereocenters. The van der Waals surface area contributed by atoms with E-state index in [1.807, 2.05) is 13.8 Å². The molecule has 116 valence electrons. The summed E-state index contributed by atoms with van der Waals surface area (Å²) in [6.07, 6.45) is -0.820. The minimum absolute atomic E-state index is 0.0219. The summed E-state index contributed by atoms with van der Waals surface area (Å²) in [6.45, 7) is 3.93. The van der Waals surface area contributed by atoms with E-state index < -0.39 is 12.6 Å². The molecule has 0 aliphatic carbocycles. The van der Waals surface area contributed by atoms with Gasteiger partial charge in [0.2, 0.25) is 6.29 Å². The number of ether oxygens (including phenoxy) is 2. The highest BCUT2D eigenvalue weighted by Crippen LogP contribution is 2.22. The second-order valence-electron chi connectivity index (χ2n) is 5.17. The Labute approximate surface area is 123 Å². The van der Waals surface area contributed by atoms with Crippen LogP contribution in [-0.2, 0) is 14.3 Å². The predicted octanol–water partition coefficient (Wildman–Crippen LogP) is 1.54. The van der Waals surface area contributed by atoms with E-state index in [0.717, 1.165) is 12.8 Å². The van der Waals surface area contributed by atoms with Gasteiger partial charge in [-0.3, -0.25) is 4.79 Å². The Balaban J connectivity index is 1.97. The van der Waals surface area contributed by atoms with E-state index in [4.69, 9.17) is 19.7 Å². The Hall–Kier alpha value is -1.47. The molecule has 1 heterocycles. The molecule has 0 aromatic heterocycles. The van der Waals surface area contributed by atoms with Crippen LogP contribution in [0.4, 0.5) is 5.69 Å². The molecule has 6 nitrogen and oxygen atoms in total. The predicted molar refractivity (Wildman–Crippen MR) is 76.4 cm³/mol. The van der Waals surface area contributed by atoms with Gasteiger partial charge in [0.15, 0.2) is 6.29 Å². The molecule has 21 heavy (non-hydrogen) atoms. The lowest BCUT2D eigenvalue weighted by molar-refractivity contribution is -0.230. The van der Waals surface area contributed by atoms with Crippen molar-refractivity contribution in [2.45, 2.75) is 51.5 Å². The summed E-state index contributed by atoms with van der Waals surface area (Å²) >= 11 is 0. The summed E-state index contributed by atoms with van der Waals surface area (Å²) in [7, 11) is 0. The fourth-order valence-corrected chi connectivity index (χ4v) is 2.23. The van der Waals surface area contributed by atoms with Crippen molar-refractivity contribution in [3.63, 3.8) is 0 Å². The van der Waals surface area contributed by atoms with Crippen molar-refractivity contribution in [1.82, 2.24) is 0 Å². The molecule has 1 aromatic rings. The Morgan fingerprint density at radius 3 is 2.57 bits per heavy atom. The maximum Gasteiger partial charge on any atom is 0.281 e. The summed E-state index contributed by atoms with van der Waals surface area (Å²) in [4.78, 5) is 12.1. The van der Waals surface area contributed by atoms with Crippen molar-refractivity contribution in [2.24, 2.45) is 0 Å². The smallest absolute Gasteiger partial charge is 0.281 e. The highest BCUT2D eigenvalue weighted by Gasteiger charge is 2.31. The number of nitrogens with one attached hydrogen (secondary N) is 1. The zero-order valence-corrected chi connectivity index (χ0v) is 12.2. The van der Waals surface area contributed by atoms with Crippen molar-refractivity contribution in [2.75, 3.05) is 5.32 Å². The average Bonchev–Trinajstić information content (AvgIpc) is 2.47. The normalized spacial score (nSPS) is 25.9. The van der Waals surface area contributed by atoms with Crippen LogP contribution in [0, 0.1) is 0 Å². The Morgan fingerprint density at radius 2 is 2.00 bits per heavy atom. The van der Waals surface area contributed by atoms with E-state index in [1.54, 1.807) is 12.1 Å². The van der Waals surface area contributed by atoms with Gasteiger partial charge in [0.25, 0.3) is 5.91 Å². The number of hydrogen-bond acceptors (Lipinski definition) is 5. The van der Waals surface area contributed by atoms with Gasteiger partial charge in [-0.2, -0.15) is 0 Å². The summed E-state index contributed by atoms with van der Waals surface area (Å²) in [5.74, 6) is -0.364. The fraction of sp³-hybridized carbons (Fsp3) is 0.533. The third-order valence-corrected chi connectivity index (χ3v) is 3.41. The number of benzene rings is 1. The van der Waals surface area contributed by atoms with E-state index in [-0.39, 0.29) is 18.1 Å². The highest BCUT2D eigenvalue weighted by molar-refractivity contribution is 5.93. The first-order valence-corrected chi connectivity index (χ1v) is 7.07. The van der Waals surface area contributed by atoms with Crippen LogP contribution in [0.2, 0.25) is 0 Å². The average molecular weight is 295 g/mol. The molecule has 6 heteroatoms. The Bertz CT molecular complexity index is 473. The number of rotatable bonds is 4. The van der Waals surface area contributed by atoms with Gasteiger partial charge < -0.3 is 25.0 Å². The van der Waals surface area contributed by atoms with E-state index in [0.29, 0.717) is 11.3 Å². The molecule has 1 fully saturated rings. The maximum atomic E-state index is 12.1. The van der Waals surface area contributed by atoms with Gasteiger partial charge in [-0.15, -0.1) is 0 Å². The van der Waals surface area contributed by atoms with E-state index in [1.165, 1.54) is 12.1 Å². The van der Waals surface area contributed by atoms with Crippen molar-refractivity contribution >= 4 is 11.6 Å². The number of amides is 1. The first-order valence-electron chi connectivity index (χ1n) is 7.07. The molecule has 0 saturated carbocycles. The van der Waals surface area contributed by atoms with Gasteiger partial charge in [-0.25, -0.2) is 0 Å². The Kier molecular flexibility index (Phi) is 5.30. The number of hydrogen-bond donors (Lipinski definition) is 3. The van der Waals surface area contributed by atoms with Crippen molar-refractivity contribution in [3.05, 3.63) is 29.8 Å². The molecule has 1 aliphatic heterocycles. The van der Waals surface area contributed by atoms with Gasteiger partial charge in [0.1, 0.15) is 0 Å². The molecule has 3 atom stereocenters. The SMILES string of the molecule is CCC1CC(C)OC(C(=O)Nc2ccc(C(O)O)cc2)O1. The summed E-state index contributed by atoms with van der Waals surface area (Å²) in [5, 5.41) is 20.7. The first-order chi connectivity index (χ1) is 9.99. The van der Waals surface area contributed by atoms with Gasteiger partial charge in [-0.1, -0.05) is 19.1 Å². The number of carbonyl (C=O) groups is 1. The lowest BCUT2D eigenvalue weighted by atomic mass is 10.1. The van der Waals surface area contributed by atoms with Gasteiger partial charge in [0.05, 0.1) is 12.2 Å². The topological polar surface area (TPSA) is 88.0 Å². The first kappa shape index (κ1) is 15.9. The molecule has 1 amide bonds. The van der Waals surface area contributed by atoms with Crippen LogP contribution in [0.15, 0.2) is 24.3 Å². The largest absolute Gasteiger partial charge is 0.364 e. The molecule has 3 N–H and O–H groups in total. The minimum atomic E-state index is -1.52. The van der Waals surface area contributed by atoms with Crippen LogP contribution in [0.3, 0.4) is 0 Å². The number of carbonyl (C=O) groups excluding carboxylic acids is 1. The standard InChI is InChI=1S/C15H21NO5/c1-3-12-8-9(2)20-15(21-12)13(17)16-11-6-4-10(5-7-11)14(18)19/h4-7,9,12,14-15,18-19H,3,8H2,1-2H3,(H,16,17). The van der Waals surface area contributed by atoms with Crippen molar-refractivity contribution in [1.29, 1.82) is 0 Å². The molecule has 1 aromatic carbocycles. The van der Waals surface area contributed by atoms with Crippen LogP contribution in [0.5, 0.6) is 0 Å². The van der Waals surface area contributed by atoms with Gasteiger partial charge >= 0.3 is 0 Å². The number of aliphatic hydroxyl groups excluding tert-OH is 1. The third-order valence-electron chi connectivity index (χ3n) is 3.41. The molecule has 0 spiro atoms. The molecule has 0 bridgehead atoms. The summed E-state index contributed by atoms with van der Waals surface area (Å²) in [6, 6.07) is 6.24. The zero-order valence-electron chi connectivity index (χ0n) is 12.2. The maximum absolute atomic E-state index is 12.1. The van der Waals surface area contributed by atoms with Crippen molar-refractivity contribution < 1.29 is 24.5 Å².